The molecule has 0 saturated heterocycles. The van der Waals surface area contributed by atoms with Crippen LogP contribution in [0.5, 0.6) is 0 Å². The van der Waals surface area contributed by atoms with Crippen molar-refractivity contribution in [1.29, 1.82) is 0 Å². The molecule has 1 aromatic heterocycles. The van der Waals surface area contributed by atoms with Crippen molar-refractivity contribution in [2.24, 2.45) is 5.92 Å². The molecule has 3 aromatic carbocycles. The molecule has 1 aliphatic carbocycles. The molecule has 1 aliphatic rings. The molecule has 1 N–H and O–H groups in total. The Balaban J connectivity index is 1.42. The maximum absolute atomic E-state index is 14.1. The van der Waals surface area contributed by atoms with Gasteiger partial charge in [0.1, 0.15) is 23.2 Å². The average molecular weight is 385 g/mol. The van der Waals surface area contributed by atoms with Gasteiger partial charge in [-0.2, -0.15) is 0 Å². The number of carbonyl (C=O) groups excluding carboxylic acids is 1. The Kier molecular flexibility index (Phi) is 4.39. The first-order valence-corrected chi connectivity index (χ1v) is 9.79. The topological polar surface area (TPSA) is 42.2 Å². The molecule has 5 rings (SSSR count). The number of fused-ring (bicyclic) bond motifs is 1. The molecule has 3 nitrogen and oxygen atoms in total. The Morgan fingerprint density at radius 2 is 1.69 bits per heavy atom. The van der Waals surface area contributed by atoms with Crippen LogP contribution in [0.1, 0.15) is 35.3 Å². The number of furan rings is 1. The van der Waals surface area contributed by atoms with E-state index in [1.807, 2.05) is 66.7 Å². The van der Waals surface area contributed by atoms with Crippen LogP contribution in [0.2, 0.25) is 0 Å². The standard InChI is InChI=1S/C25H20FNO2/c26-21-12-6-5-11-18(21)19-15-20(19)25(28)27-24(16-8-2-1-3-9-16)23-14-17-10-4-7-13-22(17)29-23/h1-14,19-20,24H,15H2,(H,27,28). The number of para-hydroxylation sites is 1. The monoisotopic (exact) mass is 385 g/mol. The van der Waals surface area contributed by atoms with Crippen molar-refractivity contribution in [3.05, 3.63) is 108 Å². The van der Waals surface area contributed by atoms with Crippen LogP contribution in [0.3, 0.4) is 0 Å². The highest BCUT2D eigenvalue weighted by Gasteiger charge is 2.45. The Hall–Kier alpha value is -3.40. The number of amides is 1. The van der Waals surface area contributed by atoms with Crippen molar-refractivity contribution < 1.29 is 13.6 Å². The SMILES string of the molecule is O=C(NC(c1ccccc1)c1cc2ccccc2o1)C1CC1c1ccccc1F. The van der Waals surface area contributed by atoms with E-state index in [4.69, 9.17) is 4.42 Å². The maximum atomic E-state index is 14.1. The van der Waals surface area contributed by atoms with Gasteiger partial charge in [-0.3, -0.25) is 4.79 Å². The molecule has 1 fully saturated rings. The van der Waals surface area contributed by atoms with Gasteiger partial charge in [0.05, 0.1) is 0 Å². The molecule has 4 heteroatoms. The minimum absolute atomic E-state index is 0.0664. The van der Waals surface area contributed by atoms with Gasteiger partial charge < -0.3 is 9.73 Å². The first-order chi connectivity index (χ1) is 14.2. The summed E-state index contributed by atoms with van der Waals surface area (Å²) in [5.41, 5.74) is 2.35. The van der Waals surface area contributed by atoms with Gasteiger partial charge in [-0.25, -0.2) is 4.39 Å². The fourth-order valence-electron chi connectivity index (χ4n) is 3.96. The zero-order valence-corrected chi connectivity index (χ0v) is 15.7. The van der Waals surface area contributed by atoms with Crippen molar-refractivity contribution in [3.63, 3.8) is 0 Å². The Morgan fingerprint density at radius 3 is 2.48 bits per heavy atom. The summed E-state index contributed by atoms with van der Waals surface area (Å²) in [7, 11) is 0. The molecule has 144 valence electrons. The Labute approximate surface area is 168 Å². The second kappa shape index (κ2) is 7.21. The summed E-state index contributed by atoms with van der Waals surface area (Å²) in [4.78, 5) is 13.0. The van der Waals surface area contributed by atoms with Gasteiger partial charge in [0.15, 0.2) is 0 Å². The van der Waals surface area contributed by atoms with E-state index in [0.29, 0.717) is 17.7 Å². The third-order valence-corrected chi connectivity index (χ3v) is 5.58. The fourth-order valence-corrected chi connectivity index (χ4v) is 3.96. The molecule has 1 saturated carbocycles. The lowest BCUT2D eigenvalue weighted by atomic mass is 10.0. The highest BCUT2D eigenvalue weighted by molar-refractivity contribution is 5.84. The number of hydrogen-bond acceptors (Lipinski definition) is 2. The summed E-state index contributed by atoms with van der Waals surface area (Å²) in [5.74, 6) is 0.0804. The number of carbonyl (C=O) groups is 1. The van der Waals surface area contributed by atoms with Crippen molar-refractivity contribution in [1.82, 2.24) is 5.32 Å². The van der Waals surface area contributed by atoms with Gasteiger partial charge in [-0.1, -0.05) is 66.7 Å². The highest BCUT2D eigenvalue weighted by atomic mass is 19.1. The van der Waals surface area contributed by atoms with Crippen LogP contribution in [0.25, 0.3) is 11.0 Å². The van der Waals surface area contributed by atoms with Crippen LogP contribution in [-0.2, 0) is 4.79 Å². The van der Waals surface area contributed by atoms with Crippen LogP contribution in [0.15, 0.2) is 89.3 Å². The summed E-state index contributed by atoms with van der Waals surface area (Å²) in [6.07, 6.45) is 0.661. The molecule has 1 heterocycles. The summed E-state index contributed by atoms with van der Waals surface area (Å²) < 4.78 is 20.1. The highest BCUT2D eigenvalue weighted by Crippen LogP contribution is 2.48. The van der Waals surface area contributed by atoms with Crippen molar-refractivity contribution in [2.45, 2.75) is 18.4 Å². The van der Waals surface area contributed by atoms with Crippen LogP contribution >= 0.6 is 0 Å². The minimum atomic E-state index is -0.391. The van der Waals surface area contributed by atoms with Crippen molar-refractivity contribution in [2.75, 3.05) is 0 Å². The van der Waals surface area contributed by atoms with Gasteiger partial charge in [0, 0.05) is 11.3 Å². The largest absolute Gasteiger partial charge is 0.459 e. The quantitative estimate of drug-likeness (QED) is 0.487. The van der Waals surface area contributed by atoms with Crippen LogP contribution in [0, 0.1) is 11.7 Å². The molecular formula is C25H20FNO2. The van der Waals surface area contributed by atoms with Crippen molar-refractivity contribution >= 4 is 16.9 Å². The Bertz CT molecular complexity index is 1130. The number of nitrogens with one attached hydrogen (secondary N) is 1. The van der Waals surface area contributed by atoms with Crippen LogP contribution < -0.4 is 5.32 Å². The molecule has 0 spiro atoms. The maximum Gasteiger partial charge on any atom is 0.224 e. The van der Waals surface area contributed by atoms with Crippen LogP contribution in [0.4, 0.5) is 4.39 Å². The number of benzene rings is 3. The smallest absolute Gasteiger partial charge is 0.224 e. The second-order valence-corrected chi connectivity index (χ2v) is 7.51. The van der Waals surface area contributed by atoms with Gasteiger partial charge in [0.2, 0.25) is 5.91 Å². The van der Waals surface area contributed by atoms with Gasteiger partial charge in [-0.05, 0) is 41.7 Å². The van der Waals surface area contributed by atoms with E-state index < -0.39 is 6.04 Å². The number of rotatable bonds is 5. The lowest BCUT2D eigenvalue weighted by Crippen LogP contribution is -2.30. The lowest BCUT2D eigenvalue weighted by molar-refractivity contribution is -0.123. The third kappa shape index (κ3) is 3.42. The molecule has 1 amide bonds. The van der Waals surface area contributed by atoms with E-state index >= 15 is 0 Å². The zero-order valence-electron chi connectivity index (χ0n) is 15.7. The van der Waals surface area contributed by atoms with Gasteiger partial charge >= 0.3 is 0 Å². The number of halogens is 1. The zero-order chi connectivity index (χ0) is 19.8. The fraction of sp³-hybridized carbons (Fsp3) is 0.160. The molecule has 3 atom stereocenters. The van der Waals surface area contributed by atoms with Gasteiger partial charge in [0.25, 0.3) is 0 Å². The third-order valence-electron chi connectivity index (χ3n) is 5.58. The molecule has 0 aliphatic heterocycles. The van der Waals surface area contributed by atoms with E-state index in [9.17, 15) is 9.18 Å². The molecule has 0 bridgehead atoms. The second-order valence-electron chi connectivity index (χ2n) is 7.51. The lowest BCUT2D eigenvalue weighted by Gasteiger charge is -2.17. The summed E-state index contributed by atoms with van der Waals surface area (Å²) >= 11 is 0. The predicted molar refractivity (Wildman–Crippen MR) is 110 cm³/mol. The molecule has 3 unspecified atom stereocenters. The van der Waals surface area contributed by atoms with Crippen LogP contribution in [-0.4, -0.2) is 5.91 Å². The molecular weight excluding hydrogens is 365 g/mol. The summed E-state index contributed by atoms with van der Waals surface area (Å²) in [5, 5.41) is 4.13. The molecule has 4 aromatic rings. The Morgan fingerprint density at radius 1 is 0.966 bits per heavy atom. The van der Waals surface area contributed by atoms with E-state index in [-0.39, 0.29) is 23.6 Å². The first-order valence-electron chi connectivity index (χ1n) is 9.79. The average Bonchev–Trinajstić information content (AvgIpc) is 3.43. The minimum Gasteiger partial charge on any atom is -0.459 e. The predicted octanol–water partition coefficient (Wildman–Crippen LogP) is 5.58. The molecule has 0 radical (unpaired) electrons. The van der Waals surface area contributed by atoms with Gasteiger partial charge in [-0.15, -0.1) is 0 Å². The van der Waals surface area contributed by atoms with E-state index in [0.717, 1.165) is 16.5 Å². The summed E-state index contributed by atoms with van der Waals surface area (Å²) in [6.45, 7) is 0. The summed E-state index contributed by atoms with van der Waals surface area (Å²) in [6, 6.07) is 25.8. The molecule has 29 heavy (non-hydrogen) atoms. The van der Waals surface area contributed by atoms with E-state index in [1.54, 1.807) is 12.1 Å². The first kappa shape index (κ1) is 17.7. The van der Waals surface area contributed by atoms with E-state index in [2.05, 4.69) is 5.32 Å². The van der Waals surface area contributed by atoms with Crippen molar-refractivity contribution in [3.8, 4) is 0 Å². The normalized spacial score (nSPS) is 19.1. The number of hydrogen-bond donors (Lipinski definition) is 1. The van der Waals surface area contributed by atoms with E-state index in [1.165, 1.54) is 6.07 Å².